The number of aromatic carboxylic acids is 1. The summed E-state index contributed by atoms with van der Waals surface area (Å²) < 4.78 is 8.30. The molecule has 1 saturated carbocycles. The zero-order chi connectivity index (χ0) is 29.1. The number of fused-ring (bicyclic) bond motifs is 7. The average molecular weight is 558 g/mol. The van der Waals surface area contributed by atoms with Gasteiger partial charge >= 0.3 is 5.97 Å². The number of rotatable bonds is 8. The zero-order valence-corrected chi connectivity index (χ0v) is 25.0. The monoisotopic (exact) mass is 557 g/mol. The van der Waals surface area contributed by atoms with Crippen molar-refractivity contribution in [3.63, 3.8) is 0 Å². The molecule has 1 amide bonds. The standard InChI is InChI=1S/C34H43N3O4/c1-6-9-22(10-7-2)29-24-14-13-23(32(38)39)15-27(24)37-19-34(33(40)36-17-20(3)35-21(4)18-36)16-26(34)30-25(31(29)37)11-8-12-28(30)41-5/h8,11-15,20-22,26,35H,6-7,9-10,16-19H2,1-5H3,(H,38,39)/t20-,21+,26?,34?. The van der Waals surface area contributed by atoms with E-state index in [0.717, 1.165) is 65.6 Å². The lowest BCUT2D eigenvalue weighted by molar-refractivity contribution is -0.139. The minimum absolute atomic E-state index is 0.0582. The van der Waals surface area contributed by atoms with E-state index in [1.807, 2.05) is 18.2 Å². The molecular weight excluding hydrogens is 514 g/mol. The summed E-state index contributed by atoms with van der Waals surface area (Å²) in [6.07, 6.45) is 5.03. The molecule has 41 heavy (non-hydrogen) atoms. The van der Waals surface area contributed by atoms with E-state index in [2.05, 4.69) is 54.6 Å². The molecule has 3 heterocycles. The Morgan fingerprint density at radius 2 is 1.80 bits per heavy atom. The number of amides is 1. The molecule has 0 spiro atoms. The first-order chi connectivity index (χ1) is 19.7. The van der Waals surface area contributed by atoms with Gasteiger partial charge in [0.05, 0.1) is 23.8 Å². The molecule has 7 heteroatoms. The fourth-order valence-corrected chi connectivity index (χ4v) is 8.05. The second kappa shape index (κ2) is 10.5. The summed E-state index contributed by atoms with van der Waals surface area (Å²) in [6.45, 7) is 10.7. The van der Waals surface area contributed by atoms with Crippen LogP contribution < -0.4 is 10.1 Å². The predicted octanol–water partition coefficient (Wildman–Crippen LogP) is 6.40. The molecule has 3 aliphatic rings. The molecule has 6 rings (SSSR count). The number of carboxylic acid groups (broad SMARTS) is 1. The number of benzene rings is 2. The van der Waals surface area contributed by atoms with Crippen LogP contribution in [0.15, 0.2) is 36.4 Å². The number of nitrogens with zero attached hydrogens (tertiary/aromatic N) is 2. The molecule has 7 nitrogen and oxygen atoms in total. The van der Waals surface area contributed by atoms with Gasteiger partial charge in [-0.1, -0.05) is 44.9 Å². The fourth-order valence-electron chi connectivity index (χ4n) is 8.05. The van der Waals surface area contributed by atoms with Gasteiger partial charge in [0.15, 0.2) is 0 Å². The van der Waals surface area contributed by atoms with E-state index < -0.39 is 11.4 Å². The number of aromatic nitrogens is 1. The molecule has 0 radical (unpaired) electrons. The fraction of sp³-hybridized carbons (Fsp3) is 0.529. The lowest BCUT2D eigenvalue weighted by Crippen LogP contribution is -2.57. The normalized spacial score (nSPS) is 24.9. The topological polar surface area (TPSA) is 83.8 Å². The summed E-state index contributed by atoms with van der Waals surface area (Å²) >= 11 is 0. The first-order valence-electron chi connectivity index (χ1n) is 15.4. The second-order valence-electron chi connectivity index (χ2n) is 12.7. The third kappa shape index (κ3) is 4.44. The van der Waals surface area contributed by atoms with Crippen molar-refractivity contribution in [3.05, 3.63) is 53.1 Å². The van der Waals surface area contributed by atoms with Crippen LogP contribution in [0.1, 0.15) is 93.1 Å². The van der Waals surface area contributed by atoms with Gasteiger partial charge in [-0.2, -0.15) is 0 Å². The Kier molecular flexibility index (Phi) is 7.13. The van der Waals surface area contributed by atoms with Gasteiger partial charge in [0.2, 0.25) is 5.91 Å². The van der Waals surface area contributed by atoms with Gasteiger partial charge in [-0.15, -0.1) is 0 Å². The van der Waals surface area contributed by atoms with Crippen LogP contribution in [0.3, 0.4) is 0 Å². The molecule has 1 saturated heterocycles. The van der Waals surface area contributed by atoms with E-state index in [9.17, 15) is 14.7 Å². The van der Waals surface area contributed by atoms with Crippen molar-refractivity contribution in [3.8, 4) is 17.0 Å². The van der Waals surface area contributed by atoms with Gasteiger partial charge < -0.3 is 24.6 Å². The van der Waals surface area contributed by atoms with Crippen molar-refractivity contribution in [2.24, 2.45) is 5.41 Å². The molecule has 2 N–H and O–H groups in total. The molecule has 4 atom stereocenters. The number of carboxylic acids is 1. The summed E-state index contributed by atoms with van der Waals surface area (Å²) in [5.41, 5.74) is 5.31. The molecule has 1 aromatic heterocycles. The number of piperazine rings is 1. The van der Waals surface area contributed by atoms with E-state index in [-0.39, 0.29) is 29.5 Å². The van der Waals surface area contributed by atoms with Crippen molar-refractivity contribution in [1.29, 1.82) is 0 Å². The third-order valence-electron chi connectivity index (χ3n) is 9.71. The molecule has 2 unspecified atom stereocenters. The minimum atomic E-state index is -0.933. The summed E-state index contributed by atoms with van der Waals surface area (Å²) in [5.74, 6) is 0.515. The van der Waals surface area contributed by atoms with Gasteiger partial charge in [-0.3, -0.25) is 4.79 Å². The predicted molar refractivity (Wildman–Crippen MR) is 162 cm³/mol. The maximum Gasteiger partial charge on any atom is 0.335 e. The number of methoxy groups -OCH3 is 1. The number of hydrogen-bond acceptors (Lipinski definition) is 4. The highest BCUT2D eigenvalue weighted by Gasteiger charge is 2.64. The van der Waals surface area contributed by atoms with Crippen LogP contribution in [-0.4, -0.2) is 58.7 Å². The van der Waals surface area contributed by atoms with Gasteiger partial charge in [0.25, 0.3) is 0 Å². The molecule has 2 aromatic carbocycles. The van der Waals surface area contributed by atoms with Crippen molar-refractivity contribution in [2.45, 2.75) is 90.3 Å². The van der Waals surface area contributed by atoms with Gasteiger partial charge in [0.1, 0.15) is 5.75 Å². The van der Waals surface area contributed by atoms with Crippen molar-refractivity contribution in [2.75, 3.05) is 20.2 Å². The Bertz CT molecular complexity index is 1490. The second-order valence-corrected chi connectivity index (χ2v) is 12.7. The first kappa shape index (κ1) is 27.8. The molecule has 2 aliphatic heterocycles. The average Bonchev–Trinajstić information content (AvgIpc) is 3.61. The number of nitrogens with one attached hydrogen (secondary N) is 1. The molecule has 2 fully saturated rings. The molecule has 1 aliphatic carbocycles. The van der Waals surface area contributed by atoms with Crippen molar-refractivity contribution in [1.82, 2.24) is 14.8 Å². The van der Waals surface area contributed by atoms with Gasteiger partial charge in [-0.25, -0.2) is 4.79 Å². The Morgan fingerprint density at radius 3 is 2.44 bits per heavy atom. The van der Waals surface area contributed by atoms with Crippen molar-refractivity contribution >= 4 is 22.8 Å². The highest BCUT2D eigenvalue weighted by Crippen LogP contribution is 2.67. The van der Waals surface area contributed by atoms with Crippen molar-refractivity contribution < 1.29 is 19.4 Å². The van der Waals surface area contributed by atoms with Gasteiger partial charge in [0, 0.05) is 59.7 Å². The minimum Gasteiger partial charge on any atom is -0.496 e. The van der Waals surface area contributed by atoms with E-state index in [0.29, 0.717) is 25.6 Å². The highest BCUT2D eigenvalue weighted by atomic mass is 16.5. The molecule has 3 aromatic rings. The lowest BCUT2D eigenvalue weighted by Gasteiger charge is -2.38. The smallest absolute Gasteiger partial charge is 0.335 e. The van der Waals surface area contributed by atoms with Crippen LogP contribution in [0, 0.1) is 5.41 Å². The molecule has 218 valence electrons. The SMILES string of the molecule is CCCC(CCC)c1c2n(c3cc(C(=O)O)ccc13)CC1(C(=O)N3C[C@@H](C)N[C@@H](C)C3)CC1c1c(OC)cccc1-2. The number of carbonyl (C=O) groups is 2. The van der Waals surface area contributed by atoms with E-state index in [1.54, 1.807) is 13.2 Å². The Hall–Kier alpha value is -3.32. The maximum atomic E-state index is 14.6. The summed E-state index contributed by atoms with van der Waals surface area (Å²) in [7, 11) is 1.72. The summed E-state index contributed by atoms with van der Waals surface area (Å²) in [6, 6.07) is 12.3. The van der Waals surface area contributed by atoms with Gasteiger partial charge in [-0.05, 0) is 62.8 Å². The van der Waals surface area contributed by atoms with Crippen LogP contribution in [0.5, 0.6) is 5.75 Å². The summed E-state index contributed by atoms with van der Waals surface area (Å²) in [5, 5.41) is 14.6. The van der Waals surface area contributed by atoms with E-state index in [4.69, 9.17) is 4.74 Å². The van der Waals surface area contributed by atoms with E-state index >= 15 is 0 Å². The lowest BCUT2D eigenvalue weighted by atomic mass is 9.85. The van der Waals surface area contributed by atoms with Crippen LogP contribution >= 0.6 is 0 Å². The first-order valence-corrected chi connectivity index (χ1v) is 15.4. The highest BCUT2D eigenvalue weighted by molar-refractivity contribution is 6.00. The van der Waals surface area contributed by atoms with Crippen LogP contribution in [0.25, 0.3) is 22.2 Å². The van der Waals surface area contributed by atoms with Crippen LogP contribution in [0.4, 0.5) is 0 Å². The number of hydrogen-bond donors (Lipinski definition) is 2. The number of carbonyl (C=O) groups excluding carboxylic acids is 1. The molecular formula is C34H43N3O4. The van der Waals surface area contributed by atoms with E-state index in [1.165, 1.54) is 5.56 Å². The maximum absolute atomic E-state index is 14.6. The third-order valence-corrected chi connectivity index (χ3v) is 9.71. The largest absolute Gasteiger partial charge is 0.496 e. The quantitative estimate of drug-likeness (QED) is 0.335. The zero-order valence-electron chi connectivity index (χ0n) is 25.0. The van der Waals surface area contributed by atoms with Crippen LogP contribution in [0.2, 0.25) is 0 Å². The Labute approximate surface area is 242 Å². The number of ether oxygens (including phenoxy) is 1. The molecule has 0 bridgehead atoms. The van der Waals surface area contributed by atoms with Crippen LogP contribution in [-0.2, 0) is 11.3 Å². The Morgan fingerprint density at radius 1 is 1.10 bits per heavy atom. The Balaban J connectivity index is 1.63. The summed E-state index contributed by atoms with van der Waals surface area (Å²) in [4.78, 5) is 28.8.